The minimum absolute atomic E-state index is 0.0706. The van der Waals surface area contributed by atoms with Crippen LogP contribution in [0.25, 0.3) is 0 Å². The van der Waals surface area contributed by atoms with Gasteiger partial charge in [0, 0.05) is 25.4 Å². The Kier molecular flexibility index (Phi) is 2.78. The van der Waals surface area contributed by atoms with Crippen LogP contribution in [-0.4, -0.2) is 25.0 Å². The smallest absolute Gasteiger partial charge is 0.227 e. The average molecular weight is 211 g/mol. The summed E-state index contributed by atoms with van der Waals surface area (Å²) in [5.41, 5.74) is -0.216. The van der Waals surface area contributed by atoms with Crippen LogP contribution in [0.4, 0.5) is 0 Å². The molecule has 1 heterocycles. The van der Waals surface area contributed by atoms with E-state index < -0.39 is 0 Å². The Morgan fingerprint density at radius 1 is 1.27 bits per heavy atom. The summed E-state index contributed by atoms with van der Waals surface area (Å²) in [6.07, 6.45) is 5.09. The molecule has 1 aliphatic heterocycles. The second-order valence-corrected chi connectivity index (χ2v) is 4.66. The van der Waals surface area contributed by atoms with Crippen LogP contribution in [0.5, 0.6) is 0 Å². The maximum absolute atomic E-state index is 11.4. The Morgan fingerprint density at radius 3 is 2.53 bits per heavy atom. The van der Waals surface area contributed by atoms with Gasteiger partial charge in [0.2, 0.25) is 11.8 Å². The van der Waals surface area contributed by atoms with Gasteiger partial charge in [-0.05, 0) is 12.8 Å². The molecule has 2 fully saturated rings. The Balaban J connectivity index is 2.20. The predicted octanol–water partition coefficient (Wildman–Crippen LogP) is 0.998. The summed E-state index contributed by atoms with van der Waals surface area (Å²) in [7, 11) is 1.68. The number of rotatable bonds is 1. The minimum Gasteiger partial charge on any atom is -0.381 e. The van der Waals surface area contributed by atoms with E-state index in [1.807, 2.05) is 0 Å². The highest BCUT2D eigenvalue weighted by Crippen LogP contribution is 2.45. The Morgan fingerprint density at radius 2 is 1.93 bits per heavy atom. The van der Waals surface area contributed by atoms with E-state index in [9.17, 15) is 9.59 Å². The summed E-state index contributed by atoms with van der Waals surface area (Å²) in [5, 5.41) is 2.36. The number of methoxy groups -OCH3 is 1. The first-order valence-electron chi connectivity index (χ1n) is 5.52. The molecule has 1 atom stereocenters. The number of ether oxygens (including phenoxy) is 1. The van der Waals surface area contributed by atoms with E-state index in [2.05, 4.69) is 5.32 Å². The predicted molar refractivity (Wildman–Crippen MR) is 54.1 cm³/mol. The van der Waals surface area contributed by atoms with Crippen molar-refractivity contribution in [2.24, 2.45) is 5.41 Å². The number of hydrogen-bond donors (Lipinski definition) is 1. The molecule has 0 aromatic rings. The summed E-state index contributed by atoms with van der Waals surface area (Å²) in [6, 6.07) is 0. The van der Waals surface area contributed by atoms with E-state index in [0.29, 0.717) is 12.8 Å². The van der Waals surface area contributed by atoms with Gasteiger partial charge in [-0.25, -0.2) is 0 Å². The zero-order valence-electron chi connectivity index (χ0n) is 9.04. The molecule has 0 bridgehead atoms. The maximum Gasteiger partial charge on any atom is 0.227 e. The second-order valence-electron chi connectivity index (χ2n) is 4.66. The zero-order chi connectivity index (χ0) is 10.9. The molecular formula is C11H17NO3. The lowest BCUT2D eigenvalue weighted by Gasteiger charge is -2.44. The molecule has 4 heteroatoms. The van der Waals surface area contributed by atoms with Gasteiger partial charge in [-0.3, -0.25) is 14.9 Å². The summed E-state index contributed by atoms with van der Waals surface area (Å²) in [4.78, 5) is 22.8. The van der Waals surface area contributed by atoms with Gasteiger partial charge in [0.15, 0.2) is 0 Å². The Labute approximate surface area is 89.4 Å². The Bertz CT molecular complexity index is 272. The monoisotopic (exact) mass is 211 g/mol. The number of carbonyl (C=O) groups is 2. The van der Waals surface area contributed by atoms with Crippen LogP contribution in [0, 0.1) is 5.41 Å². The van der Waals surface area contributed by atoms with Gasteiger partial charge in [0.05, 0.1) is 6.10 Å². The van der Waals surface area contributed by atoms with Gasteiger partial charge in [-0.1, -0.05) is 12.8 Å². The molecule has 1 aliphatic carbocycles. The van der Waals surface area contributed by atoms with Crippen molar-refractivity contribution in [3.8, 4) is 0 Å². The van der Waals surface area contributed by atoms with E-state index in [-0.39, 0.29) is 23.3 Å². The molecule has 0 radical (unpaired) electrons. The fraction of sp³-hybridized carbons (Fsp3) is 0.818. The number of imide groups is 1. The van der Waals surface area contributed by atoms with Gasteiger partial charge in [0.1, 0.15) is 0 Å². The standard InChI is InChI=1S/C11H17NO3/c1-15-8-4-2-3-5-11(8)6-9(13)12-10(14)7-11/h8H,2-7H2,1H3,(H,12,13,14). The highest BCUT2D eigenvalue weighted by Gasteiger charge is 2.46. The molecule has 1 saturated carbocycles. The fourth-order valence-corrected chi connectivity index (χ4v) is 2.99. The molecule has 15 heavy (non-hydrogen) atoms. The molecule has 2 rings (SSSR count). The highest BCUT2D eigenvalue weighted by molar-refractivity contribution is 5.98. The van der Waals surface area contributed by atoms with E-state index in [0.717, 1.165) is 25.7 Å². The van der Waals surface area contributed by atoms with Crippen LogP contribution >= 0.6 is 0 Å². The first-order valence-corrected chi connectivity index (χ1v) is 5.52. The lowest BCUT2D eigenvalue weighted by Crippen LogP contribution is -2.51. The summed E-state index contributed by atoms with van der Waals surface area (Å²) in [5.74, 6) is -0.287. The van der Waals surface area contributed by atoms with Crippen molar-refractivity contribution in [1.82, 2.24) is 5.32 Å². The third-order valence-corrected chi connectivity index (χ3v) is 3.66. The van der Waals surface area contributed by atoms with E-state index >= 15 is 0 Å². The molecule has 1 spiro atoms. The molecule has 4 nitrogen and oxygen atoms in total. The molecular weight excluding hydrogens is 194 g/mol. The van der Waals surface area contributed by atoms with Crippen molar-refractivity contribution in [2.75, 3.05) is 7.11 Å². The third-order valence-electron chi connectivity index (χ3n) is 3.66. The second kappa shape index (κ2) is 3.93. The van der Waals surface area contributed by atoms with E-state index in [1.54, 1.807) is 7.11 Å². The van der Waals surface area contributed by atoms with Crippen molar-refractivity contribution >= 4 is 11.8 Å². The number of carbonyl (C=O) groups excluding carboxylic acids is 2. The van der Waals surface area contributed by atoms with Crippen molar-refractivity contribution in [1.29, 1.82) is 0 Å². The van der Waals surface area contributed by atoms with E-state index in [4.69, 9.17) is 4.74 Å². The van der Waals surface area contributed by atoms with Gasteiger partial charge in [0.25, 0.3) is 0 Å². The SMILES string of the molecule is COC1CCCCC12CC(=O)NC(=O)C2. The molecule has 0 aromatic carbocycles. The number of nitrogens with one attached hydrogen (secondary N) is 1. The maximum atomic E-state index is 11.4. The quantitative estimate of drug-likeness (QED) is 0.658. The van der Waals surface area contributed by atoms with Crippen molar-refractivity contribution in [2.45, 2.75) is 44.6 Å². The van der Waals surface area contributed by atoms with Crippen molar-refractivity contribution in [3.63, 3.8) is 0 Å². The van der Waals surface area contributed by atoms with Gasteiger partial charge < -0.3 is 4.74 Å². The first-order chi connectivity index (χ1) is 7.16. The number of piperidine rings is 1. The zero-order valence-corrected chi connectivity index (χ0v) is 9.04. The minimum atomic E-state index is -0.216. The van der Waals surface area contributed by atoms with E-state index in [1.165, 1.54) is 0 Å². The summed E-state index contributed by atoms with van der Waals surface area (Å²) < 4.78 is 5.45. The first kappa shape index (κ1) is 10.6. The van der Waals surface area contributed by atoms with Crippen molar-refractivity contribution in [3.05, 3.63) is 0 Å². The van der Waals surface area contributed by atoms with Gasteiger partial charge in [-0.2, -0.15) is 0 Å². The summed E-state index contributed by atoms with van der Waals surface area (Å²) >= 11 is 0. The molecule has 1 N–H and O–H groups in total. The topological polar surface area (TPSA) is 55.4 Å². The third kappa shape index (κ3) is 1.91. The number of hydrogen-bond acceptors (Lipinski definition) is 3. The lowest BCUT2D eigenvalue weighted by molar-refractivity contribution is -0.146. The Hall–Kier alpha value is -0.900. The summed E-state index contributed by atoms with van der Waals surface area (Å²) in [6.45, 7) is 0. The van der Waals surface area contributed by atoms with Crippen LogP contribution in [0.15, 0.2) is 0 Å². The van der Waals surface area contributed by atoms with Gasteiger partial charge >= 0.3 is 0 Å². The molecule has 2 aliphatic rings. The highest BCUT2D eigenvalue weighted by atomic mass is 16.5. The van der Waals surface area contributed by atoms with Crippen LogP contribution < -0.4 is 5.32 Å². The molecule has 1 saturated heterocycles. The van der Waals surface area contributed by atoms with Crippen LogP contribution in [-0.2, 0) is 14.3 Å². The molecule has 84 valence electrons. The molecule has 1 unspecified atom stereocenters. The number of amides is 2. The molecule has 2 amide bonds. The van der Waals surface area contributed by atoms with Crippen LogP contribution in [0.3, 0.4) is 0 Å². The van der Waals surface area contributed by atoms with Crippen LogP contribution in [0.2, 0.25) is 0 Å². The van der Waals surface area contributed by atoms with Crippen molar-refractivity contribution < 1.29 is 14.3 Å². The molecule has 0 aromatic heterocycles. The largest absolute Gasteiger partial charge is 0.381 e. The van der Waals surface area contributed by atoms with Gasteiger partial charge in [-0.15, -0.1) is 0 Å². The van der Waals surface area contributed by atoms with Crippen LogP contribution in [0.1, 0.15) is 38.5 Å². The average Bonchev–Trinajstić information content (AvgIpc) is 2.16. The fourth-order valence-electron chi connectivity index (χ4n) is 2.99. The lowest BCUT2D eigenvalue weighted by atomic mass is 9.66. The normalized spacial score (nSPS) is 30.3.